The van der Waals surface area contributed by atoms with Gasteiger partial charge in [-0.3, -0.25) is 4.79 Å². The topological polar surface area (TPSA) is 70.5 Å². The Morgan fingerprint density at radius 2 is 2.10 bits per heavy atom. The number of rotatable bonds is 2. The second kappa shape index (κ2) is 5.05. The Hall–Kier alpha value is -2.21. The van der Waals surface area contributed by atoms with Crippen LogP contribution in [0.5, 0.6) is 0 Å². The minimum Gasteiger partial charge on any atom is -0.477 e. The number of carbonyl (C=O) groups is 2. The summed E-state index contributed by atoms with van der Waals surface area (Å²) in [5.74, 6) is -1.45. The number of anilines is 1. The molecule has 3 rings (SSSR count). The van der Waals surface area contributed by atoms with Crippen LogP contribution >= 0.6 is 11.3 Å². The van der Waals surface area contributed by atoms with Crippen LogP contribution in [0.15, 0.2) is 29.8 Å². The Morgan fingerprint density at radius 3 is 2.90 bits per heavy atom. The molecule has 1 aromatic carbocycles. The molecule has 0 saturated carbocycles. The number of nitrogens with zero attached hydrogens (tertiary/aromatic N) is 2. The first-order valence-electron chi connectivity index (χ1n) is 6.25. The lowest BCUT2D eigenvalue weighted by Gasteiger charge is -2.29. The number of carboxylic acids is 1. The zero-order valence-electron chi connectivity index (χ0n) is 10.6. The van der Waals surface area contributed by atoms with Gasteiger partial charge in [0.1, 0.15) is 4.88 Å². The highest BCUT2D eigenvalue weighted by molar-refractivity contribution is 7.12. The molecule has 0 unspecified atom stereocenters. The van der Waals surface area contributed by atoms with Gasteiger partial charge in [0.05, 0.1) is 5.51 Å². The van der Waals surface area contributed by atoms with E-state index < -0.39 is 5.97 Å². The van der Waals surface area contributed by atoms with Gasteiger partial charge >= 0.3 is 5.97 Å². The van der Waals surface area contributed by atoms with Crippen LogP contribution in [-0.4, -0.2) is 28.5 Å². The standard InChI is InChI=1S/C14H12N2O3S/c17-13(11-12(14(18)19)20-8-15-11)16-7-3-5-9-4-1-2-6-10(9)16/h1-2,4,6,8H,3,5,7H2,(H,18,19). The third-order valence-electron chi connectivity index (χ3n) is 3.32. The van der Waals surface area contributed by atoms with Gasteiger partial charge in [-0.15, -0.1) is 11.3 Å². The number of carboxylic acid groups (broad SMARTS) is 1. The Morgan fingerprint density at radius 1 is 1.30 bits per heavy atom. The van der Waals surface area contributed by atoms with E-state index in [1.165, 1.54) is 5.51 Å². The van der Waals surface area contributed by atoms with Crippen molar-refractivity contribution in [1.29, 1.82) is 0 Å². The van der Waals surface area contributed by atoms with E-state index in [4.69, 9.17) is 5.11 Å². The average Bonchev–Trinajstić information content (AvgIpc) is 2.95. The highest BCUT2D eigenvalue weighted by Crippen LogP contribution is 2.28. The highest BCUT2D eigenvalue weighted by atomic mass is 32.1. The number of amides is 1. The van der Waals surface area contributed by atoms with Crippen LogP contribution in [0.1, 0.15) is 32.1 Å². The molecule has 0 radical (unpaired) electrons. The normalized spacial score (nSPS) is 13.9. The summed E-state index contributed by atoms with van der Waals surface area (Å²) in [7, 11) is 0. The van der Waals surface area contributed by atoms with E-state index in [1.807, 2.05) is 24.3 Å². The molecule has 1 amide bonds. The molecule has 1 N–H and O–H groups in total. The Balaban J connectivity index is 2.00. The van der Waals surface area contributed by atoms with Crippen LogP contribution in [0.4, 0.5) is 5.69 Å². The molecule has 0 bridgehead atoms. The lowest BCUT2D eigenvalue weighted by molar-refractivity contribution is 0.0697. The van der Waals surface area contributed by atoms with Gasteiger partial charge in [-0.1, -0.05) is 18.2 Å². The van der Waals surface area contributed by atoms with Crippen molar-refractivity contribution < 1.29 is 14.7 Å². The van der Waals surface area contributed by atoms with Gasteiger partial charge in [-0.2, -0.15) is 0 Å². The highest BCUT2D eigenvalue weighted by Gasteiger charge is 2.28. The molecule has 0 aliphatic carbocycles. The molecule has 1 aliphatic rings. The summed E-state index contributed by atoms with van der Waals surface area (Å²) in [6, 6.07) is 7.70. The number of aryl methyl sites for hydroxylation is 1. The lowest BCUT2D eigenvalue weighted by Crippen LogP contribution is -2.36. The van der Waals surface area contributed by atoms with Crippen LogP contribution in [0.3, 0.4) is 0 Å². The first-order valence-corrected chi connectivity index (χ1v) is 7.13. The molecule has 1 aliphatic heterocycles. The van der Waals surface area contributed by atoms with Gasteiger partial charge in [0.2, 0.25) is 0 Å². The van der Waals surface area contributed by atoms with Crippen molar-refractivity contribution in [1.82, 2.24) is 4.98 Å². The van der Waals surface area contributed by atoms with Gasteiger partial charge in [0, 0.05) is 12.2 Å². The Kier molecular flexibility index (Phi) is 3.23. The molecular weight excluding hydrogens is 276 g/mol. The third kappa shape index (κ3) is 2.08. The van der Waals surface area contributed by atoms with E-state index in [2.05, 4.69) is 4.98 Å². The van der Waals surface area contributed by atoms with Gasteiger partial charge in [0.25, 0.3) is 5.91 Å². The minimum absolute atomic E-state index is 0.00180. The fraction of sp³-hybridized carbons (Fsp3) is 0.214. The largest absolute Gasteiger partial charge is 0.477 e. The maximum absolute atomic E-state index is 12.6. The summed E-state index contributed by atoms with van der Waals surface area (Å²) >= 11 is 0.973. The van der Waals surface area contributed by atoms with Crippen LogP contribution in [0.2, 0.25) is 0 Å². The van der Waals surface area contributed by atoms with Crippen molar-refractivity contribution in [2.24, 2.45) is 0 Å². The average molecular weight is 288 g/mol. The number of hydrogen-bond acceptors (Lipinski definition) is 4. The van der Waals surface area contributed by atoms with Crippen molar-refractivity contribution >= 4 is 28.9 Å². The Bertz CT molecular complexity index is 681. The number of hydrogen-bond donors (Lipinski definition) is 1. The van der Waals surface area contributed by atoms with E-state index in [0.717, 1.165) is 35.4 Å². The Labute approximate surface area is 119 Å². The summed E-state index contributed by atoms with van der Waals surface area (Å²) in [5.41, 5.74) is 3.39. The molecule has 20 heavy (non-hydrogen) atoms. The van der Waals surface area contributed by atoms with Crippen LogP contribution in [0, 0.1) is 0 Å². The van der Waals surface area contributed by atoms with E-state index in [1.54, 1.807) is 4.90 Å². The summed E-state index contributed by atoms with van der Waals surface area (Å²) in [6.45, 7) is 0.590. The van der Waals surface area contributed by atoms with Gasteiger partial charge < -0.3 is 10.0 Å². The number of carbonyl (C=O) groups excluding carboxylic acids is 1. The third-order valence-corrected chi connectivity index (χ3v) is 4.13. The summed E-state index contributed by atoms with van der Waals surface area (Å²) in [5, 5.41) is 9.10. The van der Waals surface area contributed by atoms with Crippen molar-refractivity contribution in [3.8, 4) is 0 Å². The van der Waals surface area contributed by atoms with E-state index in [9.17, 15) is 9.59 Å². The van der Waals surface area contributed by atoms with E-state index >= 15 is 0 Å². The predicted octanol–water partition coefficient (Wildman–Crippen LogP) is 2.43. The van der Waals surface area contributed by atoms with Gasteiger partial charge in [-0.05, 0) is 24.5 Å². The molecule has 1 aromatic heterocycles. The maximum Gasteiger partial charge on any atom is 0.348 e. The molecule has 2 aromatic rings. The van der Waals surface area contributed by atoms with E-state index in [-0.39, 0.29) is 16.5 Å². The molecule has 2 heterocycles. The van der Waals surface area contributed by atoms with Crippen LogP contribution < -0.4 is 4.90 Å². The minimum atomic E-state index is -1.11. The molecule has 0 fully saturated rings. The smallest absolute Gasteiger partial charge is 0.348 e. The number of aromatic nitrogens is 1. The first-order chi connectivity index (χ1) is 9.68. The number of thiazole rings is 1. The van der Waals surface area contributed by atoms with Crippen molar-refractivity contribution in [3.63, 3.8) is 0 Å². The second-order valence-corrected chi connectivity index (χ2v) is 5.38. The fourth-order valence-electron chi connectivity index (χ4n) is 2.42. The zero-order valence-corrected chi connectivity index (χ0v) is 11.4. The SMILES string of the molecule is O=C(O)c1scnc1C(=O)N1CCCc2ccccc21. The molecule has 0 spiro atoms. The fourth-order valence-corrected chi connectivity index (χ4v) is 3.04. The molecular formula is C14H12N2O3S. The van der Waals surface area contributed by atoms with Gasteiger partial charge in [0.15, 0.2) is 5.69 Å². The van der Waals surface area contributed by atoms with Crippen LogP contribution in [-0.2, 0) is 6.42 Å². The maximum atomic E-state index is 12.6. The van der Waals surface area contributed by atoms with E-state index in [0.29, 0.717) is 6.54 Å². The summed E-state index contributed by atoms with van der Waals surface area (Å²) < 4.78 is 0. The van der Waals surface area contributed by atoms with Crippen LogP contribution in [0.25, 0.3) is 0 Å². The van der Waals surface area contributed by atoms with Crippen molar-refractivity contribution in [2.45, 2.75) is 12.8 Å². The molecule has 5 nitrogen and oxygen atoms in total. The lowest BCUT2D eigenvalue weighted by atomic mass is 10.0. The molecule has 102 valence electrons. The quantitative estimate of drug-likeness (QED) is 0.921. The monoisotopic (exact) mass is 288 g/mol. The second-order valence-electron chi connectivity index (χ2n) is 4.52. The van der Waals surface area contributed by atoms with Crippen molar-refractivity contribution in [3.05, 3.63) is 45.9 Å². The summed E-state index contributed by atoms with van der Waals surface area (Å²) in [4.78, 5) is 29.2. The molecule has 6 heteroatoms. The number of fused-ring (bicyclic) bond motifs is 1. The van der Waals surface area contributed by atoms with Crippen molar-refractivity contribution in [2.75, 3.05) is 11.4 Å². The first kappa shape index (κ1) is 12.8. The number of aromatic carboxylic acids is 1. The summed E-state index contributed by atoms with van der Waals surface area (Å²) in [6.07, 6.45) is 1.80. The number of para-hydroxylation sites is 1. The molecule has 0 atom stereocenters. The molecule has 0 saturated heterocycles. The zero-order chi connectivity index (χ0) is 14.1. The van der Waals surface area contributed by atoms with Gasteiger partial charge in [-0.25, -0.2) is 9.78 Å². The number of benzene rings is 1. The predicted molar refractivity (Wildman–Crippen MR) is 75.5 cm³/mol.